The van der Waals surface area contributed by atoms with Gasteiger partial charge >= 0.3 is 0 Å². The maximum Gasteiger partial charge on any atom is 0.244 e. The molecule has 1 N–H and O–H groups in total. The molecule has 6 heteroatoms. The van der Waals surface area contributed by atoms with Gasteiger partial charge in [-0.3, -0.25) is 14.5 Å². The van der Waals surface area contributed by atoms with Gasteiger partial charge in [0.2, 0.25) is 11.8 Å². The van der Waals surface area contributed by atoms with Crippen LogP contribution >= 0.6 is 11.6 Å². The molecule has 0 bridgehead atoms. The van der Waals surface area contributed by atoms with Crippen molar-refractivity contribution in [3.63, 3.8) is 0 Å². The van der Waals surface area contributed by atoms with Crippen LogP contribution in [0.3, 0.4) is 0 Å². The van der Waals surface area contributed by atoms with Crippen molar-refractivity contribution in [3.05, 3.63) is 65.2 Å². The van der Waals surface area contributed by atoms with Gasteiger partial charge in [-0.25, -0.2) is 0 Å². The average Bonchev–Trinajstić information content (AvgIpc) is 2.72. The topological polar surface area (TPSA) is 52.7 Å². The van der Waals surface area contributed by atoms with Crippen LogP contribution in [0.1, 0.15) is 24.8 Å². The number of carbonyl (C=O) groups excluding carboxylic acids is 2. The van der Waals surface area contributed by atoms with Gasteiger partial charge < -0.3 is 10.2 Å². The van der Waals surface area contributed by atoms with Gasteiger partial charge in [-0.1, -0.05) is 60.5 Å². The molecule has 0 spiro atoms. The van der Waals surface area contributed by atoms with Crippen molar-refractivity contribution < 1.29 is 9.59 Å². The molecule has 1 unspecified atom stereocenters. The Hall–Kier alpha value is -2.37. The highest BCUT2D eigenvalue weighted by Gasteiger charge is 2.26. The lowest BCUT2D eigenvalue weighted by atomic mass is 9.95. The lowest BCUT2D eigenvalue weighted by Gasteiger charge is -2.36. The Morgan fingerprint density at radius 1 is 1.10 bits per heavy atom. The Balaban J connectivity index is 1.53. The molecule has 0 saturated carbocycles. The minimum atomic E-state index is -0.256. The Morgan fingerprint density at radius 2 is 1.83 bits per heavy atom. The minimum absolute atomic E-state index is 0.00124. The normalized spacial score (nSPS) is 17.0. The number of carbonyl (C=O) groups is 2. The zero-order valence-corrected chi connectivity index (χ0v) is 17.6. The number of hydrogen-bond acceptors (Lipinski definition) is 3. The molecule has 3 rings (SSSR count). The SMILES string of the molecule is CN(CC(=O)Nc1ccccc1Cl)C(=O)CN1CCCCC1Cc1ccccc1. The summed E-state index contributed by atoms with van der Waals surface area (Å²) in [6.07, 6.45) is 4.34. The predicted molar refractivity (Wildman–Crippen MR) is 117 cm³/mol. The molecule has 5 nitrogen and oxygen atoms in total. The van der Waals surface area contributed by atoms with E-state index in [4.69, 9.17) is 11.6 Å². The third-order valence-corrected chi connectivity index (χ3v) is 5.69. The van der Waals surface area contributed by atoms with Crippen molar-refractivity contribution in [1.29, 1.82) is 0 Å². The summed E-state index contributed by atoms with van der Waals surface area (Å²) >= 11 is 6.08. The van der Waals surface area contributed by atoms with Crippen LogP contribution in [0, 0.1) is 0 Å². The molecule has 1 aliphatic heterocycles. The molecule has 2 aromatic rings. The number of amides is 2. The zero-order chi connectivity index (χ0) is 20.6. The number of nitrogens with zero attached hydrogens (tertiary/aromatic N) is 2. The molecule has 0 aliphatic carbocycles. The molecule has 0 radical (unpaired) electrons. The molecule has 1 saturated heterocycles. The van der Waals surface area contributed by atoms with Crippen molar-refractivity contribution in [1.82, 2.24) is 9.80 Å². The van der Waals surface area contributed by atoms with Gasteiger partial charge in [0, 0.05) is 13.1 Å². The van der Waals surface area contributed by atoms with Crippen LogP contribution in [0.5, 0.6) is 0 Å². The van der Waals surface area contributed by atoms with Crippen LogP contribution in [-0.4, -0.2) is 54.3 Å². The van der Waals surface area contributed by atoms with Gasteiger partial charge in [-0.15, -0.1) is 0 Å². The number of likely N-dealkylation sites (N-methyl/N-ethyl adjacent to an activating group) is 1. The monoisotopic (exact) mass is 413 g/mol. The first-order valence-corrected chi connectivity index (χ1v) is 10.5. The van der Waals surface area contributed by atoms with E-state index in [0.29, 0.717) is 23.3 Å². The van der Waals surface area contributed by atoms with Crippen molar-refractivity contribution in [2.45, 2.75) is 31.7 Å². The van der Waals surface area contributed by atoms with Gasteiger partial charge in [0.05, 0.1) is 23.8 Å². The van der Waals surface area contributed by atoms with Crippen LogP contribution in [0.25, 0.3) is 0 Å². The minimum Gasteiger partial charge on any atom is -0.335 e. The van der Waals surface area contributed by atoms with E-state index < -0.39 is 0 Å². The molecule has 0 aromatic heterocycles. The fourth-order valence-electron chi connectivity index (χ4n) is 3.74. The van der Waals surface area contributed by atoms with Crippen molar-refractivity contribution >= 4 is 29.1 Å². The second kappa shape index (κ2) is 10.4. The molecular formula is C23H28ClN3O2. The Morgan fingerprint density at radius 3 is 2.59 bits per heavy atom. The lowest BCUT2D eigenvalue weighted by Crippen LogP contribution is -2.48. The largest absolute Gasteiger partial charge is 0.335 e. The molecule has 29 heavy (non-hydrogen) atoms. The molecule has 2 amide bonds. The smallest absolute Gasteiger partial charge is 0.244 e. The Bertz CT molecular complexity index is 828. The van der Waals surface area contributed by atoms with E-state index >= 15 is 0 Å². The van der Waals surface area contributed by atoms with E-state index in [1.165, 1.54) is 16.9 Å². The lowest BCUT2D eigenvalue weighted by molar-refractivity contribution is -0.135. The second-order valence-corrected chi connectivity index (χ2v) is 7.99. The number of benzene rings is 2. The van der Waals surface area contributed by atoms with Gasteiger partial charge in [0.15, 0.2) is 0 Å². The number of nitrogens with one attached hydrogen (secondary N) is 1. The molecule has 1 heterocycles. The maximum atomic E-state index is 12.7. The summed E-state index contributed by atoms with van der Waals surface area (Å²) < 4.78 is 0. The van der Waals surface area contributed by atoms with Crippen molar-refractivity contribution in [2.24, 2.45) is 0 Å². The van der Waals surface area contributed by atoms with Crippen LogP contribution < -0.4 is 5.32 Å². The van der Waals surface area contributed by atoms with E-state index in [0.717, 1.165) is 25.8 Å². The summed E-state index contributed by atoms with van der Waals surface area (Å²) in [6, 6.07) is 17.8. The van der Waals surface area contributed by atoms with Crippen LogP contribution in [0.15, 0.2) is 54.6 Å². The quantitative estimate of drug-likeness (QED) is 0.750. The van der Waals surface area contributed by atoms with E-state index in [-0.39, 0.29) is 18.4 Å². The van der Waals surface area contributed by atoms with E-state index in [9.17, 15) is 9.59 Å². The number of para-hydroxylation sites is 1. The molecular weight excluding hydrogens is 386 g/mol. The predicted octanol–water partition coefficient (Wildman–Crippen LogP) is 3.83. The van der Waals surface area contributed by atoms with Gasteiger partial charge in [-0.05, 0) is 43.5 Å². The van der Waals surface area contributed by atoms with Gasteiger partial charge in [-0.2, -0.15) is 0 Å². The summed E-state index contributed by atoms with van der Waals surface area (Å²) in [7, 11) is 1.67. The molecule has 1 aliphatic rings. The summed E-state index contributed by atoms with van der Waals surface area (Å²) in [5.41, 5.74) is 1.85. The third-order valence-electron chi connectivity index (χ3n) is 5.36. The number of anilines is 1. The summed E-state index contributed by atoms with van der Waals surface area (Å²) in [6.45, 7) is 1.26. The fraction of sp³-hybridized carbons (Fsp3) is 0.391. The number of hydrogen-bond donors (Lipinski definition) is 1. The summed E-state index contributed by atoms with van der Waals surface area (Å²) in [5.74, 6) is -0.298. The molecule has 1 atom stereocenters. The highest BCUT2D eigenvalue weighted by molar-refractivity contribution is 6.33. The Labute approximate surface area is 177 Å². The summed E-state index contributed by atoms with van der Waals surface area (Å²) in [4.78, 5) is 28.8. The third kappa shape index (κ3) is 6.31. The Kier molecular flexibility index (Phi) is 7.67. The van der Waals surface area contributed by atoms with E-state index in [1.807, 2.05) is 6.07 Å². The highest BCUT2D eigenvalue weighted by Crippen LogP contribution is 2.21. The van der Waals surface area contributed by atoms with Crippen LogP contribution in [-0.2, 0) is 16.0 Å². The fourth-order valence-corrected chi connectivity index (χ4v) is 3.92. The maximum absolute atomic E-state index is 12.7. The number of rotatable bonds is 7. The molecule has 2 aromatic carbocycles. The standard InChI is InChI=1S/C23H28ClN3O2/c1-26(16-22(28)25-21-13-6-5-12-20(21)24)23(29)17-27-14-8-7-11-19(27)15-18-9-3-2-4-10-18/h2-6,9-10,12-13,19H,7-8,11,14-17H2,1H3,(H,25,28). The average molecular weight is 414 g/mol. The van der Waals surface area contributed by atoms with Crippen molar-refractivity contribution in [2.75, 3.05) is 32.0 Å². The molecule has 1 fully saturated rings. The first kappa shape index (κ1) is 21.3. The number of halogens is 1. The second-order valence-electron chi connectivity index (χ2n) is 7.59. The summed E-state index contributed by atoms with van der Waals surface area (Å²) in [5, 5.41) is 3.24. The van der Waals surface area contributed by atoms with E-state index in [1.54, 1.807) is 31.3 Å². The zero-order valence-electron chi connectivity index (χ0n) is 16.8. The number of likely N-dealkylation sites (tertiary alicyclic amines) is 1. The van der Waals surface area contributed by atoms with E-state index in [2.05, 4.69) is 34.5 Å². The van der Waals surface area contributed by atoms with Crippen molar-refractivity contribution in [3.8, 4) is 0 Å². The van der Waals surface area contributed by atoms with Gasteiger partial charge in [0.25, 0.3) is 0 Å². The van der Waals surface area contributed by atoms with Crippen LogP contribution in [0.4, 0.5) is 5.69 Å². The van der Waals surface area contributed by atoms with Crippen LogP contribution in [0.2, 0.25) is 5.02 Å². The number of piperidine rings is 1. The highest BCUT2D eigenvalue weighted by atomic mass is 35.5. The molecule has 154 valence electrons. The first-order valence-electron chi connectivity index (χ1n) is 10.1. The first-order chi connectivity index (χ1) is 14.0. The van der Waals surface area contributed by atoms with Gasteiger partial charge in [0.1, 0.15) is 0 Å².